The van der Waals surface area contributed by atoms with E-state index in [0.717, 1.165) is 14.8 Å². The van der Waals surface area contributed by atoms with E-state index < -0.39 is 0 Å². The van der Waals surface area contributed by atoms with Crippen molar-refractivity contribution >= 4 is 28.3 Å². The summed E-state index contributed by atoms with van der Waals surface area (Å²) < 4.78 is 13.8. The van der Waals surface area contributed by atoms with Gasteiger partial charge in [0.05, 0.1) is 12.0 Å². The Kier molecular flexibility index (Phi) is 4.74. The van der Waals surface area contributed by atoms with Gasteiger partial charge in [-0.25, -0.2) is 4.39 Å². The average molecular weight is 366 g/mol. The summed E-state index contributed by atoms with van der Waals surface area (Å²) in [5.74, 6) is -0.475. The Balaban J connectivity index is 2.07. The van der Waals surface area contributed by atoms with Crippen molar-refractivity contribution < 1.29 is 4.39 Å². The standard InChI is InChI=1S/C15H12FIN2/c16-13-6-7-15(14(17)8-13)19-10-12(9-18)11-4-2-1-3-5-11/h1-8,12,19H,10H2. The van der Waals surface area contributed by atoms with E-state index in [4.69, 9.17) is 0 Å². The minimum atomic E-state index is -0.255. The number of hydrogen-bond donors (Lipinski definition) is 1. The van der Waals surface area contributed by atoms with Crippen LogP contribution in [0.4, 0.5) is 10.1 Å². The fraction of sp³-hybridized carbons (Fsp3) is 0.133. The van der Waals surface area contributed by atoms with Gasteiger partial charge >= 0.3 is 0 Å². The lowest BCUT2D eigenvalue weighted by atomic mass is 10.0. The van der Waals surface area contributed by atoms with Gasteiger partial charge in [-0.3, -0.25) is 0 Å². The maximum atomic E-state index is 13.0. The normalized spacial score (nSPS) is 11.6. The van der Waals surface area contributed by atoms with Crippen molar-refractivity contribution in [1.82, 2.24) is 0 Å². The topological polar surface area (TPSA) is 35.8 Å². The first-order valence-electron chi connectivity index (χ1n) is 5.84. The molecule has 1 atom stereocenters. The molecule has 0 saturated carbocycles. The molecule has 0 aromatic heterocycles. The van der Waals surface area contributed by atoms with Gasteiger partial charge in [0.15, 0.2) is 0 Å². The van der Waals surface area contributed by atoms with Gasteiger partial charge in [0.1, 0.15) is 5.82 Å². The van der Waals surface area contributed by atoms with Crippen molar-refractivity contribution in [3.63, 3.8) is 0 Å². The number of hydrogen-bond acceptors (Lipinski definition) is 2. The van der Waals surface area contributed by atoms with Gasteiger partial charge in [-0.1, -0.05) is 30.3 Å². The summed E-state index contributed by atoms with van der Waals surface area (Å²) in [6, 6.07) is 16.5. The molecule has 1 unspecified atom stereocenters. The van der Waals surface area contributed by atoms with Crippen LogP contribution in [0.15, 0.2) is 48.5 Å². The summed E-state index contributed by atoms with van der Waals surface area (Å²) in [5.41, 5.74) is 1.83. The largest absolute Gasteiger partial charge is 0.383 e. The Morgan fingerprint density at radius 2 is 1.95 bits per heavy atom. The zero-order chi connectivity index (χ0) is 13.7. The number of halogens is 2. The molecule has 0 fully saturated rings. The predicted octanol–water partition coefficient (Wildman–Crippen LogP) is 4.15. The molecule has 0 bridgehead atoms. The highest BCUT2D eigenvalue weighted by Crippen LogP contribution is 2.21. The van der Waals surface area contributed by atoms with E-state index in [1.807, 2.05) is 30.3 Å². The number of benzene rings is 2. The summed E-state index contributed by atoms with van der Waals surface area (Å²) in [5, 5.41) is 12.4. The molecule has 4 heteroatoms. The van der Waals surface area contributed by atoms with Crippen molar-refractivity contribution in [2.45, 2.75) is 5.92 Å². The SMILES string of the molecule is N#CC(CNc1ccc(F)cc1I)c1ccccc1. The number of rotatable bonds is 4. The smallest absolute Gasteiger partial charge is 0.124 e. The van der Waals surface area contributed by atoms with Crippen molar-refractivity contribution in [2.24, 2.45) is 0 Å². The van der Waals surface area contributed by atoms with Crippen LogP contribution in [0.2, 0.25) is 0 Å². The van der Waals surface area contributed by atoms with Crippen LogP contribution in [0.5, 0.6) is 0 Å². The second-order valence-corrected chi connectivity index (χ2v) is 5.26. The Morgan fingerprint density at radius 3 is 2.58 bits per heavy atom. The highest BCUT2D eigenvalue weighted by Gasteiger charge is 2.10. The van der Waals surface area contributed by atoms with Crippen LogP contribution >= 0.6 is 22.6 Å². The molecule has 0 saturated heterocycles. The van der Waals surface area contributed by atoms with Crippen molar-refractivity contribution in [3.05, 3.63) is 63.5 Å². The monoisotopic (exact) mass is 366 g/mol. The molecule has 0 aliphatic carbocycles. The summed E-state index contributed by atoms with van der Waals surface area (Å²) in [6.07, 6.45) is 0. The van der Waals surface area contributed by atoms with Gasteiger partial charge in [-0.2, -0.15) is 5.26 Å². The predicted molar refractivity (Wildman–Crippen MR) is 82.4 cm³/mol. The van der Waals surface area contributed by atoms with E-state index in [0.29, 0.717) is 6.54 Å². The lowest BCUT2D eigenvalue weighted by Gasteiger charge is -2.13. The summed E-state index contributed by atoms with van der Waals surface area (Å²) in [6.45, 7) is 0.502. The average Bonchev–Trinajstić information content (AvgIpc) is 2.43. The minimum absolute atomic E-state index is 0.220. The first-order valence-corrected chi connectivity index (χ1v) is 6.92. The molecule has 96 valence electrons. The van der Waals surface area contributed by atoms with Gasteiger partial charge in [0.25, 0.3) is 0 Å². The van der Waals surface area contributed by atoms with Crippen molar-refractivity contribution in [3.8, 4) is 6.07 Å². The van der Waals surface area contributed by atoms with Crippen molar-refractivity contribution in [2.75, 3.05) is 11.9 Å². The molecule has 2 aromatic carbocycles. The summed E-state index contributed by atoms with van der Waals surface area (Å²) >= 11 is 2.07. The zero-order valence-corrected chi connectivity index (χ0v) is 12.3. The highest BCUT2D eigenvalue weighted by atomic mass is 127. The number of nitrogens with zero attached hydrogens (tertiary/aromatic N) is 1. The maximum absolute atomic E-state index is 13.0. The molecule has 19 heavy (non-hydrogen) atoms. The van der Waals surface area contributed by atoms with E-state index in [-0.39, 0.29) is 11.7 Å². The second kappa shape index (κ2) is 6.53. The van der Waals surface area contributed by atoms with Crippen molar-refractivity contribution in [1.29, 1.82) is 5.26 Å². The molecule has 1 N–H and O–H groups in total. The number of nitrogens with one attached hydrogen (secondary N) is 1. The zero-order valence-electron chi connectivity index (χ0n) is 10.1. The maximum Gasteiger partial charge on any atom is 0.124 e. The lowest BCUT2D eigenvalue weighted by molar-refractivity contribution is 0.627. The fourth-order valence-electron chi connectivity index (χ4n) is 1.77. The van der Waals surface area contributed by atoms with Gasteiger partial charge < -0.3 is 5.32 Å². The molecule has 2 aromatic rings. The molecular formula is C15H12FIN2. The van der Waals surface area contributed by atoms with Gasteiger partial charge in [-0.15, -0.1) is 0 Å². The van der Waals surface area contributed by atoms with Crippen LogP contribution in [-0.4, -0.2) is 6.54 Å². The van der Waals surface area contributed by atoms with Crippen LogP contribution in [-0.2, 0) is 0 Å². The molecular weight excluding hydrogens is 354 g/mol. The molecule has 2 nitrogen and oxygen atoms in total. The Hall–Kier alpha value is -1.61. The van der Waals surface area contributed by atoms with Crippen LogP contribution in [0.25, 0.3) is 0 Å². The summed E-state index contributed by atoms with van der Waals surface area (Å²) in [4.78, 5) is 0. The third-order valence-corrected chi connectivity index (χ3v) is 3.68. The highest BCUT2D eigenvalue weighted by molar-refractivity contribution is 14.1. The van der Waals surface area contributed by atoms with Gasteiger partial charge in [-0.05, 0) is 46.4 Å². The third-order valence-electron chi connectivity index (χ3n) is 2.79. The quantitative estimate of drug-likeness (QED) is 0.826. The van der Waals surface area contributed by atoms with Crippen LogP contribution in [0.3, 0.4) is 0 Å². The fourth-order valence-corrected chi connectivity index (χ4v) is 2.44. The molecule has 2 rings (SSSR count). The first-order chi connectivity index (χ1) is 9.20. The Bertz CT molecular complexity index is 593. The molecule has 0 aliphatic heterocycles. The number of anilines is 1. The first kappa shape index (κ1) is 13.8. The summed E-state index contributed by atoms with van der Waals surface area (Å²) in [7, 11) is 0. The van der Waals surface area contributed by atoms with E-state index in [2.05, 4.69) is 34.0 Å². The van der Waals surface area contributed by atoms with Crippen LogP contribution in [0, 0.1) is 20.7 Å². The second-order valence-electron chi connectivity index (χ2n) is 4.10. The number of nitriles is 1. The minimum Gasteiger partial charge on any atom is -0.383 e. The van der Waals surface area contributed by atoms with E-state index in [1.54, 1.807) is 6.07 Å². The molecule has 0 amide bonds. The molecule has 0 radical (unpaired) electrons. The Morgan fingerprint density at radius 1 is 1.21 bits per heavy atom. The van der Waals surface area contributed by atoms with Crippen LogP contribution < -0.4 is 5.32 Å². The van der Waals surface area contributed by atoms with Gasteiger partial charge in [0.2, 0.25) is 0 Å². The van der Waals surface area contributed by atoms with Crippen LogP contribution in [0.1, 0.15) is 11.5 Å². The molecule has 0 aliphatic rings. The third kappa shape index (κ3) is 3.67. The van der Waals surface area contributed by atoms with E-state index in [9.17, 15) is 9.65 Å². The van der Waals surface area contributed by atoms with Gasteiger partial charge in [0, 0.05) is 15.8 Å². The Labute approximate surface area is 125 Å². The lowest BCUT2D eigenvalue weighted by Crippen LogP contribution is -2.12. The van der Waals surface area contributed by atoms with E-state index >= 15 is 0 Å². The molecule has 0 spiro atoms. The van der Waals surface area contributed by atoms with E-state index in [1.165, 1.54) is 12.1 Å². The molecule has 0 heterocycles.